The molecule has 0 saturated heterocycles. The van der Waals surface area contributed by atoms with Crippen LogP contribution in [0.3, 0.4) is 0 Å². The van der Waals surface area contributed by atoms with Crippen LogP contribution in [0.15, 0.2) is 41.5 Å². The standard InChI is InChI=1S/C18H20N2O4/c1-12-5-7-14(16(9-12)23-3)18(21)20-19-11-13-6-8-15(22-2)17(10-13)24-4/h5-11H,1-4H3,(H,20,21)/b19-11+. The largest absolute Gasteiger partial charge is 0.496 e. The molecule has 0 aliphatic heterocycles. The Morgan fingerprint density at radius 2 is 1.67 bits per heavy atom. The molecule has 0 spiro atoms. The van der Waals surface area contributed by atoms with Gasteiger partial charge in [-0.05, 0) is 48.4 Å². The summed E-state index contributed by atoms with van der Waals surface area (Å²) < 4.78 is 15.6. The van der Waals surface area contributed by atoms with Crippen molar-refractivity contribution < 1.29 is 19.0 Å². The Kier molecular flexibility index (Phi) is 5.78. The number of hydrogen-bond acceptors (Lipinski definition) is 5. The number of benzene rings is 2. The van der Waals surface area contributed by atoms with Crippen molar-refractivity contribution in [2.75, 3.05) is 21.3 Å². The van der Waals surface area contributed by atoms with Crippen molar-refractivity contribution in [3.63, 3.8) is 0 Å². The molecule has 0 aliphatic rings. The van der Waals surface area contributed by atoms with Gasteiger partial charge in [-0.1, -0.05) is 6.07 Å². The highest BCUT2D eigenvalue weighted by molar-refractivity contribution is 5.97. The van der Waals surface area contributed by atoms with Crippen molar-refractivity contribution in [2.45, 2.75) is 6.92 Å². The molecule has 0 unspecified atom stereocenters. The number of nitrogens with one attached hydrogen (secondary N) is 1. The maximum absolute atomic E-state index is 12.2. The molecule has 6 nitrogen and oxygen atoms in total. The average Bonchev–Trinajstić information content (AvgIpc) is 2.61. The number of hydrazone groups is 1. The van der Waals surface area contributed by atoms with Crippen molar-refractivity contribution >= 4 is 12.1 Å². The number of ether oxygens (including phenoxy) is 3. The van der Waals surface area contributed by atoms with Gasteiger partial charge < -0.3 is 14.2 Å². The number of rotatable bonds is 6. The molecular formula is C18H20N2O4. The van der Waals surface area contributed by atoms with Crippen LogP contribution in [0.5, 0.6) is 17.2 Å². The minimum absolute atomic E-state index is 0.344. The zero-order chi connectivity index (χ0) is 17.5. The lowest BCUT2D eigenvalue weighted by Crippen LogP contribution is -2.18. The van der Waals surface area contributed by atoms with E-state index in [2.05, 4.69) is 10.5 Å². The normalized spacial score (nSPS) is 10.5. The lowest BCUT2D eigenvalue weighted by Gasteiger charge is -2.08. The lowest BCUT2D eigenvalue weighted by atomic mass is 10.1. The third-order valence-corrected chi connectivity index (χ3v) is 3.39. The Morgan fingerprint density at radius 3 is 2.33 bits per heavy atom. The van der Waals surface area contributed by atoms with Gasteiger partial charge in [-0.3, -0.25) is 4.79 Å². The molecule has 2 rings (SSSR count). The van der Waals surface area contributed by atoms with Crippen LogP contribution in [-0.2, 0) is 0 Å². The van der Waals surface area contributed by atoms with E-state index in [0.717, 1.165) is 11.1 Å². The molecule has 0 radical (unpaired) electrons. The van der Waals surface area contributed by atoms with Crippen LogP contribution < -0.4 is 19.6 Å². The molecule has 1 N–H and O–H groups in total. The molecule has 0 bridgehead atoms. The van der Waals surface area contributed by atoms with E-state index in [0.29, 0.717) is 22.8 Å². The molecule has 0 aliphatic carbocycles. The Hall–Kier alpha value is -3.02. The molecule has 0 aromatic heterocycles. The van der Waals surface area contributed by atoms with Gasteiger partial charge in [0.2, 0.25) is 0 Å². The van der Waals surface area contributed by atoms with E-state index in [-0.39, 0.29) is 5.91 Å². The van der Waals surface area contributed by atoms with Gasteiger partial charge in [-0.15, -0.1) is 0 Å². The van der Waals surface area contributed by atoms with E-state index in [1.807, 2.05) is 19.1 Å². The zero-order valence-electron chi connectivity index (χ0n) is 14.1. The number of methoxy groups -OCH3 is 3. The number of nitrogens with zero attached hydrogens (tertiary/aromatic N) is 1. The second kappa shape index (κ2) is 8.01. The summed E-state index contributed by atoms with van der Waals surface area (Å²) in [5, 5.41) is 3.97. The first kappa shape index (κ1) is 17.3. The highest BCUT2D eigenvalue weighted by Gasteiger charge is 2.11. The Balaban J connectivity index is 2.10. The molecule has 1 amide bonds. The van der Waals surface area contributed by atoms with Gasteiger partial charge >= 0.3 is 0 Å². The predicted octanol–water partition coefficient (Wildman–Crippen LogP) is 2.78. The van der Waals surface area contributed by atoms with E-state index in [9.17, 15) is 4.79 Å². The first-order valence-electron chi connectivity index (χ1n) is 7.29. The molecule has 2 aromatic rings. The molecule has 126 valence electrons. The molecule has 0 atom stereocenters. The summed E-state index contributed by atoms with van der Waals surface area (Å²) in [7, 11) is 4.66. The van der Waals surface area contributed by atoms with Gasteiger partial charge in [0.1, 0.15) is 5.75 Å². The summed E-state index contributed by atoms with van der Waals surface area (Å²) in [6, 6.07) is 10.7. The molecule has 0 heterocycles. The third kappa shape index (κ3) is 4.04. The van der Waals surface area contributed by atoms with Crippen molar-refractivity contribution in [3.8, 4) is 17.2 Å². The van der Waals surface area contributed by atoms with E-state index in [1.165, 1.54) is 13.3 Å². The van der Waals surface area contributed by atoms with Crippen molar-refractivity contribution in [2.24, 2.45) is 5.10 Å². The van der Waals surface area contributed by atoms with Crippen molar-refractivity contribution in [1.29, 1.82) is 0 Å². The van der Waals surface area contributed by atoms with Crippen molar-refractivity contribution in [3.05, 3.63) is 53.1 Å². The number of aryl methyl sites for hydroxylation is 1. The van der Waals surface area contributed by atoms with Crippen LogP contribution >= 0.6 is 0 Å². The van der Waals surface area contributed by atoms with Gasteiger partial charge in [0.05, 0.1) is 33.1 Å². The van der Waals surface area contributed by atoms with Crippen LogP contribution in [0.2, 0.25) is 0 Å². The van der Waals surface area contributed by atoms with E-state index >= 15 is 0 Å². The maximum Gasteiger partial charge on any atom is 0.275 e. The van der Waals surface area contributed by atoms with Crippen LogP contribution in [-0.4, -0.2) is 33.5 Å². The number of carbonyl (C=O) groups is 1. The first-order chi connectivity index (χ1) is 11.6. The molecule has 0 fully saturated rings. The summed E-state index contributed by atoms with van der Waals surface area (Å²) >= 11 is 0. The van der Waals surface area contributed by atoms with Gasteiger partial charge in [-0.25, -0.2) is 5.43 Å². The zero-order valence-corrected chi connectivity index (χ0v) is 14.1. The average molecular weight is 328 g/mol. The van der Waals surface area contributed by atoms with Crippen LogP contribution in [0, 0.1) is 6.92 Å². The summed E-state index contributed by atoms with van der Waals surface area (Å²) in [5.74, 6) is 1.38. The fraction of sp³-hybridized carbons (Fsp3) is 0.222. The number of carbonyl (C=O) groups excluding carboxylic acids is 1. The number of hydrogen-bond donors (Lipinski definition) is 1. The highest BCUT2D eigenvalue weighted by atomic mass is 16.5. The Morgan fingerprint density at radius 1 is 0.958 bits per heavy atom. The lowest BCUT2D eigenvalue weighted by molar-refractivity contribution is 0.0952. The van der Waals surface area contributed by atoms with E-state index < -0.39 is 0 Å². The Labute approximate surface area is 141 Å². The molecule has 24 heavy (non-hydrogen) atoms. The van der Waals surface area contributed by atoms with Crippen LogP contribution in [0.25, 0.3) is 0 Å². The van der Waals surface area contributed by atoms with Gasteiger partial charge in [0, 0.05) is 0 Å². The maximum atomic E-state index is 12.2. The summed E-state index contributed by atoms with van der Waals surface area (Å²) in [5.41, 5.74) is 4.69. The smallest absolute Gasteiger partial charge is 0.275 e. The molecule has 6 heteroatoms. The molecule has 0 saturated carbocycles. The fourth-order valence-electron chi connectivity index (χ4n) is 2.14. The van der Waals surface area contributed by atoms with E-state index in [4.69, 9.17) is 14.2 Å². The quantitative estimate of drug-likeness (QED) is 0.654. The van der Waals surface area contributed by atoms with Crippen LogP contribution in [0.4, 0.5) is 0 Å². The van der Waals surface area contributed by atoms with Crippen molar-refractivity contribution in [1.82, 2.24) is 5.43 Å². The second-order valence-corrected chi connectivity index (χ2v) is 5.02. The summed E-state index contributed by atoms with van der Waals surface area (Å²) in [4.78, 5) is 12.2. The minimum Gasteiger partial charge on any atom is -0.496 e. The second-order valence-electron chi connectivity index (χ2n) is 5.02. The third-order valence-electron chi connectivity index (χ3n) is 3.39. The van der Waals surface area contributed by atoms with Gasteiger partial charge in [0.15, 0.2) is 11.5 Å². The van der Waals surface area contributed by atoms with Crippen LogP contribution in [0.1, 0.15) is 21.5 Å². The number of amides is 1. The molecular weight excluding hydrogens is 308 g/mol. The monoisotopic (exact) mass is 328 g/mol. The van der Waals surface area contributed by atoms with Gasteiger partial charge in [0.25, 0.3) is 5.91 Å². The fourth-order valence-corrected chi connectivity index (χ4v) is 2.14. The first-order valence-corrected chi connectivity index (χ1v) is 7.29. The minimum atomic E-state index is -0.344. The predicted molar refractivity (Wildman–Crippen MR) is 92.3 cm³/mol. The highest BCUT2D eigenvalue weighted by Crippen LogP contribution is 2.26. The van der Waals surface area contributed by atoms with Gasteiger partial charge in [-0.2, -0.15) is 5.10 Å². The van der Waals surface area contributed by atoms with E-state index in [1.54, 1.807) is 38.5 Å². The summed E-state index contributed by atoms with van der Waals surface area (Å²) in [6.45, 7) is 1.93. The SMILES string of the molecule is COc1ccc(/C=N/NC(=O)c2ccc(C)cc2OC)cc1OC. The Bertz CT molecular complexity index is 757. The summed E-state index contributed by atoms with van der Waals surface area (Å²) in [6.07, 6.45) is 1.53. The topological polar surface area (TPSA) is 69.2 Å². The molecule has 2 aromatic carbocycles.